The van der Waals surface area contributed by atoms with Gasteiger partial charge < -0.3 is 4.74 Å². The first kappa shape index (κ1) is 17.7. The molecule has 3 aliphatic heterocycles. The molecule has 4 heteroatoms. The highest BCUT2D eigenvalue weighted by molar-refractivity contribution is 5.69. The second-order valence-corrected chi connectivity index (χ2v) is 7.19. The van der Waals surface area contributed by atoms with E-state index in [1.165, 1.54) is 58.2 Å². The van der Waals surface area contributed by atoms with Gasteiger partial charge in [-0.2, -0.15) is 0 Å². The van der Waals surface area contributed by atoms with Crippen molar-refractivity contribution >= 4 is 5.97 Å². The van der Waals surface area contributed by atoms with Gasteiger partial charge in [-0.3, -0.25) is 14.2 Å². The highest BCUT2D eigenvalue weighted by Gasteiger charge is 2.43. The van der Waals surface area contributed by atoms with Crippen LogP contribution in [0.1, 0.15) is 65.2 Å². The Hall–Kier alpha value is -0.610. The number of esters is 1. The van der Waals surface area contributed by atoms with Crippen LogP contribution < -0.4 is 0 Å². The van der Waals surface area contributed by atoms with Crippen molar-refractivity contribution in [2.24, 2.45) is 0 Å². The van der Waals surface area contributed by atoms with Crippen LogP contribution in [0.25, 0.3) is 0 Å². The molecule has 3 heterocycles. The molecule has 0 aromatic heterocycles. The predicted octanol–water partition coefficient (Wildman–Crippen LogP) is 3.16. The lowest BCUT2D eigenvalue weighted by Gasteiger charge is -2.52. The minimum Gasteiger partial charge on any atom is -0.413 e. The maximum absolute atomic E-state index is 12.1. The van der Waals surface area contributed by atoms with Crippen molar-refractivity contribution in [1.29, 1.82) is 0 Å². The van der Waals surface area contributed by atoms with Crippen molar-refractivity contribution in [3.8, 4) is 0 Å². The van der Waals surface area contributed by atoms with Crippen LogP contribution in [0.5, 0.6) is 0 Å². The van der Waals surface area contributed by atoms with Crippen LogP contribution >= 0.6 is 0 Å². The van der Waals surface area contributed by atoms with Gasteiger partial charge in [0.15, 0.2) is 0 Å². The normalized spacial score (nSPS) is 28.5. The Kier molecular flexibility index (Phi) is 7.16. The van der Waals surface area contributed by atoms with Gasteiger partial charge in [0.1, 0.15) is 0 Å². The third kappa shape index (κ3) is 4.95. The minimum absolute atomic E-state index is 0.0153. The molecule has 22 heavy (non-hydrogen) atoms. The number of fused-ring (bicyclic) bond motifs is 3. The van der Waals surface area contributed by atoms with Crippen LogP contribution in [0.4, 0.5) is 0 Å². The first-order valence-corrected chi connectivity index (χ1v) is 9.44. The van der Waals surface area contributed by atoms with E-state index in [9.17, 15) is 4.79 Å². The smallest absolute Gasteiger partial charge is 0.310 e. The molecule has 3 aliphatic rings. The van der Waals surface area contributed by atoms with Gasteiger partial charge in [0.05, 0.1) is 19.6 Å². The van der Waals surface area contributed by atoms with E-state index < -0.39 is 0 Å². The largest absolute Gasteiger partial charge is 0.413 e. The molecule has 3 saturated heterocycles. The van der Waals surface area contributed by atoms with Crippen LogP contribution in [-0.2, 0) is 9.53 Å². The summed E-state index contributed by atoms with van der Waals surface area (Å²) < 4.78 is 6.77. The molecule has 2 bridgehead atoms. The van der Waals surface area contributed by atoms with Crippen molar-refractivity contribution in [2.45, 2.75) is 71.4 Å². The number of hydrogen-bond donors (Lipinski definition) is 0. The second kappa shape index (κ2) is 8.88. The van der Waals surface area contributed by atoms with Gasteiger partial charge in [0.25, 0.3) is 0 Å². The molecule has 0 aliphatic carbocycles. The number of carbonyl (C=O) groups is 1. The van der Waals surface area contributed by atoms with E-state index in [-0.39, 0.29) is 12.2 Å². The molecule has 0 radical (unpaired) electrons. The Labute approximate surface area is 136 Å². The van der Waals surface area contributed by atoms with Gasteiger partial charge in [0, 0.05) is 33.0 Å². The van der Waals surface area contributed by atoms with E-state index >= 15 is 0 Å². The fourth-order valence-corrected chi connectivity index (χ4v) is 3.83. The van der Waals surface area contributed by atoms with Crippen molar-refractivity contribution in [2.75, 3.05) is 39.3 Å². The highest BCUT2D eigenvalue weighted by atomic mass is 16.6. The van der Waals surface area contributed by atoms with Gasteiger partial charge in [0.2, 0.25) is 6.23 Å². The number of piperazine rings is 3. The summed E-state index contributed by atoms with van der Waals surface area (Å²) in [7, 11) is 0. The molecule has 0 N–H and O–H groups in total. The zero-order valence-electron chi connectivity index (χ0n) is 14.7. The average Bonchev–Trinajstić information content (AvgIpc) is 2.55. The Morgan fingerprint density at radius 3 is 2.14 bits per heavy atom. The van der Waals surface area contributed by atoms with Gasteiger partial charge in [-0.05, 0) is 6.42 Å². The zero-order valence-corrected chi connectivity index (χ0v) is 14.7. The standard InChI is InChI=1S/C18H35N2O2/c1-3-4-5-6-7-8-9-10-18(21)22-17(2)20-14-11-19(12-15-20)13-16-20/h17H,3-16H2,1-2H3/q+1. The maximum atomic E-state index is 12.1. The highest BCUT2D eigenvalue weighted by Crippen LogP contribution is 2.24. The summed E-state index contributed by atoms with van der Waals surface area (Å²) in [4.78, 5) is 14.6. The Morgan fingerprint density at radius 1 is 1.00 bits per heavy atom. The molecule has 0 aromatic rings. The lowest BCUT2D eigenvalue weighted by molar-refractivity contribution is -0.978. The quantitative estimate of drug-likeness (QED) is 0.353. The fraction of sp³-hybridized carbons (Fsp3) is 0.944. The lowest BCUT2D eigenvalue weighted by Crippen LogP contribution is -2.70. The van der Waals surface area contributed by atoms with Gasteiger partial charge in [-0.1, -0.05) is 45.4 Å². The number of unbranched alkanes of at least 4 members (excludes halogenated alkanes) is 6. The Morgan fingerprint density at radius 2 is 1.55 bits per heavy atom. The Balaban J connectivity index is 1.58. The third-order valence-corrected chi connectivity index (χ3v) is 5.64. The van der Waals surface area contributed by atoms with Crippen LogP contribution in [-0.4, -0.2) is 60.8 Å². The molecule has 0 amide bonds. The monoisotopic (exact) mass is 311 g/mol. The van der Waals surface area contributed by atoms with Gasteiger partial charge in [-0.15, -0.1) is 0 Å². The van der Waals surface area contributed by atoms with E-state index in [0.717, 1.165) is 30.5 Å². The van der Waals surface area contributed by atoms with Gasteiger partial charge >= 0.3 is 5.97 Å². The summed E-state index contributed by atoms with van der Waals surface area (Å²) in [5.41, 5.74) is 0. The number of hydrogen-bond acceptors (Lipinski definition) is 3. The molecule has 4 nitrogen and oxygen atoms in total. The fourth-order valence-electron chi connectivity index (χ4n) is 3.83. The SMILES string of the molecule is CCCCCCCCCC(=O)OC(C)[N+]12CCN(CC1)CC2. The van der Waals surface area contributed by atoms with E-state index in [0.29, 0.717) is 6.42 Å². The molecule has 3 fully saturated rings. The molecular weight excluding hydrogens is 276 g/mol. The third-order valence-electron chi connectivity index (χ3n) is 5.64. The number of quaternary nitrogens is 1. The topological polar surface area (TPSA) is 29.5 Å². The summed E-state index contributed by atoms with van der Waals surface area (Å²) in [5.74, 6) is 0.0153. The molecule has 0 aromatic carbocycles. The molecular formula is C18H35N2O2+. The minimum atomic E-state index is 0.0153. The number of ether oxygens (including phenoxy) is 1. The molecule has 1 unspecified atom stereocenters. The van der Waals surface area contributed by atoms with Crippen LogP contribution in [0.15, 0.2) is 0 Å². The average molecular weight is 311 g/mol. The molecule has 128 valence electrons. The summed E-state index contributed by atoms with van der Waals surface area (Å²) in [6, 6.07) is 0. The molecule has 1 atom stereocenters. The molecule has 0 saturated carbocycles. The Bertz CT molecular complexity index is 324. The number of rotatable bonds is 10. The van der Waals surface area contributed by atoms with E-state index in [2.05, 4.69) is 18.7 Å². The summed E-state index contributed by atoms with van der Waals surface area (Å²) in [6.07, 6.45) is 9.36. The maximum Gasteiger partial charge on any atom is 0.310 e. The second-order valence-electron chi connectivity index (χ2n) is 7.19. The van der Waals surface area contributed by atoms with Crippen LogP contribution in [0.3, 0.4) is 0 Å². The zero-order chi connectivity index (χ0) is 15.8. The van der Waals surface area contributed by atoms with E-state index in [1.807, 2.05) is 0 Å². The van der Waals surface area contributed by atoms with Crippen molar-refractivity contribution in [3.63, 3.8) is 0 Å². The van der Waals surface area contributed by atoms with Crippen LogP contribution in [0.2, 0.25) is 0 Å². The van der Waals surface area contributed by atoms with E-state index in [4.69, 9.17) is 4.74 Å². The summed E-state index contributed by atoms with van der Waals surface area (Å²) in [5, 5.41) is 0. The number of nitrogens with zero attached hydrogens (tertiary/aromatic N) is 2. The summed E-state index contributed by atoms with van der Waals surface area (Å²) in [6.45, 7) is 11.3. The summed E-state index contributed by atoms with van der Waals surface area (Å²) >= 11 is 0. The van der Waals surface area contributed by atoms with Crippen molar-refractivity contribution in [1.82, 2.24) is 4.90 Å². The first-order chi connectivity index (χ1) is 10.7. The van der Waals surface area contributed by atoms with Crippen molar-refractivity contribution in [3.05, 3.63) is 0 Å². The predicted molar refractivity (Wildman–Crippen MR) is 89.5 cm³/mol. The van der Waals surface area contributed by atoms with Crippen LogP contribution in [0, 0.1) is 0 Å². The molecule has 3 rings (SSSR count). The lowest BCUT2D eigenvalue weighted by atomic mass is 10.1. The first-order valence-electron chi connectivity index (χ1n) is 9.44. The number of carbonyl (C=O) groups excluding carboxylic acids is 1. The van der Waals surface area contributed by atoms with Gasteiger partial charge in [-0.25, -0.2) is 0 Å². The van der Waals surface area contributed by atoms with Crippen molar-refractivity contribution < 1.29 is 14.0 Å². The molecule has 0 spiro atoms. The van der Waals surface area contributed by atoms with E-state index in [1.54, 1.807) is 0 Å².